The summed E-state index contributed by atoms with van der Waals surface area (Å²) >= 11 is 4.72. The zero-order chi connectivity index (χ0) is 18.5. The van der Waals surface area contributed by atoms with E-state index in [0.29, 0.717) is 5.16 Å². The van der Waals surface area contributed by atoms with Crippen LogP contribution < -0.4 is 5.32 Å². The highest BCUT2D eigenvalue weighted by Gasteiger charge is 2.14. The number of hydrogen-bond donors (Lipinski definition) is 1. The Morgan fingerprint density at radius 1 is 1.27 bits per heavy atom. The molecule has 1 aromatic heterocycles. The summed E-state index contributed by atoms with van der Waals surface area (Å²) in [5.74, 6) is 0.178. The maximum Gasteiger partial charge on any atom is 0.230 e. The number of aromatic nitrogens is 4. The number of tetrazole rings is 1. The molecular weight excluding hydrogens is 414 g/mol. The molecule has 134 valence electrons. The van der Waals surface area contributed by atoms with Gasteiger partial charge in [-0.25, -0.2) is 0 Å². The summed E-state index contributed by atoms with van der Waals surface area (Å²) in [4.78, 5) is 12.3. The Morgan fingerprint density at radius 2 is 2.04 bits per heavy atom. The Kier molecular flexibility index (Phi) is 6.05. The summed E-state index contributed by atoms with van der Waals surface area (Å²) in [5.41, 5.74) is 3.05. The SMILES string of the molecule is Cc1cccc(-n2nnnc2SCC(=O)NC(C)c2ccc(Br)cc2)c1. The summed E-state index contributed by atoms with van der Waals surface area (Å²) in [7, 11) is 0. The van der Waals surface area contributed by atoms with Crippen molar-refractivity contribution in [2.45, 2.75) is 25.0 Å². The summed E-state index contributed by atoms with van der Waals surface area (Å²) in [6, 6.07) is 15.7. The van der Waals surface area contributed by atoms with Crippen LogP contribution in [0, 0.1) is 6.92 Å². The summed E-state index contributed by atoms with van der Waals surface area (Å²) in [6.07, 6.45) is 0. The number of rotatable bonds is 6. The van der Waals surface area contributed by atoms with E-state index in [4.69, 9.17) is 0 Å². The van der Waals surface area contributed by atoms with Gasteiger partial charge >= 0.3 is 0 Å². The van der Waals surface area contributed by atoms with Gasteiger partial charge in [0.1, 0.15) is 0 Å². The number of benzene rings is 2. The van der Waals surface area contributed by atoms with Gasteiger partial charge in [0.25, 0.3) is 0 Å². The Balaban J connectivity index is 1.60. The third-order valence-electron chi connectivity index (χ3n) is 3.77. The minimum atomic E-state index is -0.0658. The van der Waals surface area contributed by atoms with Gasteiger partial charge < -0.3 is 5.32 Å². The molecule has 0 spiro atoms. The molecule has 2 aromatic carbocycles. The van der Waals surface area contributed by atoms with E-state index in [2.05, 4.69) is 36.8 Å². The number of aryl methyl sites for hydroxylation is 1. The van der Waals surface area contributed by atoms with Gasteiger partial charge in [-0.2, -0.15) is 4.68 Å². The van der Waals surface area contributed by atoms with Gasteiger partial charge in [0, 0.05) is 4.47 Å². The Bertz CT molecular complexity index is 897. The average molecular weight is 432 g/mol. The molecule has 0 saturated carbocycles. The van der Waals surface area contributed by atoms with Crippen molar-refractivity contribution >= 4 is 33.6 Å². The molecule has 0 radical (unpaired) electrons. The maximum absolute atomic E-state index is 12.3. The van der Waals surface area contributed by atoms with Crippen LogP contribution in [-0.4, -0.2) is 31.9 Å². The lowest BCUT2D eigenvalue weighted by Gasteiger charge is -2.14. The number of carbonyl (C=O) groups is 1. The average Bonchev–Trinajstić information content (AvgIpc) is 3.09. The minimum Gasteiger partial charge on any atom is -0.349 e. The third kappa shape index (κ3) is 4.70. The molecule has 1 unspecified atom stereocenters. The van der Waals surface area contributed by atoms with Crippen molar-refractivity contribution in [3.8, 4) is 5.69 Å². The number of thioether (sulfide) groups is 1. The van der Waals surface area contributed by atoms with E-state index in [0.717, 1.165) is 21.3 Å². The van der Waals surface area contributed by atoms with E-state index in [-0.39, 0.29) is 17.7 Å². The summed E-state index contributed by atoms with van der Waals surface area (Å²) in [5, 5.41) is 15.3. The Labute approximate surface area is 164 Å². The first kappa shape index (κ1) is 18.6. The van der Waals surface area contributed by atoms with Crippen LogP contribution in [0.1, 0.15) is 24.1 Å². The maximum atomic E-state index is 12.3. The first-order valence-electron chi connectivity index (χ1n) is 8.06. The summed E-state index contributed by atoms with van der Waals surface area (Å²) < 4.78 is 2.65. The van der Waals surface area contributed by atoms with Crippen molar-refractivity contribution in [2.75, 3.05) is 5.75 Å². The number of nitrogens with zero attached hydrogens (tertiary/aromatic N) is 4. The Hall–Kier alpha value is -2.19. The summed E-state index contributed by atoms with van der Waals surface area (Å²) in [6.45, 7) is 3.97. The van der Waals surface area contributed by atoms with E-state index in [9.17, 15) is 4.79 Å². The molecule has 3 aromatic rings. The molecule has 8 heteroatoms. The molecule has 0 fully saturated rings. The standard InChI is InChI=1S/C18H18BrN5OS/c1-12-4-3-5-16(10-12)24-18(21-22-23-24)26-11-17(25)20-13(2)14-6-8-15(19)9-7-14/h3-10,13H,11H2,1-2H3,(H,20,25). The van der Waals surface area contributed by atoms with Crippen molar-refractivity contribution in [2.24, 2.45) is 0 Å². The first-order valence-corrected chi connectivity index (χ1v) is 9.84. The molecule has 0 aliphatic carbocycles. The molecule has 26 heavy (non-hydrogen) atoms. The van der Waals surface area contributed by atoms with Crippen molar-refractivity contribution in [3.63, 3.8) is 0 Å². The van der Waals surface area contributed by atoms with Crippen LogP contribution >= 0.6 is 27.7 Å². The molecule has 1 N–H and O–H groups in total. The van der Waals surface area contributed by atoms with E-state index in [1.807, 2.05) is 62.4 Å². The van der Waals surface area contributed by atoms with Crippen LogP contribution in [0.15, 0.2) is 58.2 Å². The van der Waals surface area contributed by atoms with Gasteiger partial charge in [-0.1, -0.05) is 52.0 Å². The predicted molar refractivity (Wildman–Crippen MR) is 105 cm³/mol. The zero-order valence-electron chi connectivity index (χ0n) is 14.4. The second-order valence-electron chi connectivity index (χ2n) is 5.84. The van der Waals surface area contributed by atoms with Crippen LogP contribution in [0.3, 0.4) is 0 Å². The highest BCUT2D eigenvalue weighted by molar-refractivity contribution is 9.10. The lowest BCUT2D eigenvalue weighted by molar-refractivity contribution is -0.119. The van der Waals surface area contributed by atoms with Gasteiger partial charge in [0.15, 0.2) is 0 Å². The number of amides is 1. The zero-order valence-corrected chi connectivity index (χ0v) is 16.8. The number of hydrogen-bond acceptors (Lipinski definition) is 5. The number of nitrogens with one attached hydrogen (secondary N) is 1. The normalized spacial score (nSPS) is 12.0. The second kappa shape index (κ2) is 8.46. The van der Waals surface area contributed by atoms with Gasteiger partial charge in [-0.3, -0.25) is 4.79 Å². The van der Waals surface area contributed by atoms with Gasteiger partial charge in [-0.15, -0.1) is 5.10 Å². The van der Waals surface area contributed by atoms with E-state index < -0.39 is 0 Å². The topological polar surface area (TPSA) is 72.7 Å². The molecular formula is C18H18BrN5OS. The highest BCUT2D eigenvalue weighted by atomic mass is 79.9. The van der Waals surface area contributed by atoms with E-state index in [1.165, 1.54) is 11.8 Å². The van der Waals surface area contributed by atoms with Crippen molar-refractivity contribution in [1.82, 2.24) is 25.5 Å². The third-order valence-corrected chi connectivity index (χ3v) is 5.21. The molecule has 1 heterocycles. The first-order chi connectivity index (χ1) is 12.5. The molecule has 3 rings (SSSR count). The van der Waals surface area contributed by atoms with Gasteiger partial charge in [-0.05, 0) is 59.7 Å². The van der Waals surface area contributed by atoms with Gasteiger partial charge in [0.2, 0.25) is 11.1 Å². The molecule has 0 saturated heterocycles. The molecule has 1 amide bonds. The van der Waals surface area contributed by atoms with E-state index in [1.54, 1.807) is 4.68 Å². The molecule has 0 bridgehead atoms. The molecule has 1 atom stereocenters. The number of carbonyl (C=O) groups excluding carboxylic acids is 1. The molecule has 0 aliphatic heterocycles. The quantitative estimate of drug-likeness (QED) is 0.602. The monoisotopic (exact) mass is 431 g/mol. The smallest absolute Gasteiger partial charge is 0.230 e. The number of halogens is 1. The van der Waals surface area contributed by atoms with Crippen molar-refractivity contribution in [1.29, 1.82) is 0 Å². The molecule has 0 aliphatic rings. The fourth-order valence-electron chi connectivity index (χ4n) is 2.44. The lowest BCUT2D eigenvalue weighted by atomic mass is 10.1. The highest BCUT2D eigenvalue weighted by Crippen LogP contribution is 2.20. The fourth-order valence-corrected chi connectivity index (χ4v) is 3.41. The minimum absolute atomic E-state index is 0.0655. The van der Waals surface area contributed by atoms with Crippen molar-refractivity contribution < 1.29 is 4.79 Å². The van der Waals surface area contributed by atoms with Crippen LogP contribution in [0.25, 0.3) is 5.69 Å². The van der Waals surface area contributed by atoms with Crippen LogP contribution in [0.5, 0.6) is 0 Å². The van der Waals surface area contributed by atoms with Crippen molar-refractivity contribution in [3.05, 3.63) is 64.1 Å². The van der Waals surface area contributed by atoms with Gasteiger partial charge in [0.05, 0.1) is 17.5 Å². The predicted octanol–water partition coefficient (Wildman–Crippen LogP) is 3.70. The van der Waals surface area contributed by atoms with Crippen LogP contribution in [0.4, 0.5) is 0 Å². The largest absolute Gasteiger partial charge is 0.349 e. The Morgan fingerprint density at radius 3 is 2.77 bits per heavy atom. The van der Waals surface area contributed by atoms with Crippen LogP contribution in [-0.2, 0) is 4.79 Å². The fraction of sp³-hybridized carbons (Fsp3) is 0.222. The van der Waals surface area contributed by atoms with E-state index >= 15 is 0 Å². The molecule has 6 nitrogen and oxygen atoms in total. The van der Waals surface area contributed by atoms with Crippen LogP contribution in [0.2, 0.25) is 0 Å². The second-order valence-corrected chi connectivity index (χ2v) is 7.70. The lowest BCUT2D eigenvalue weighted by Crippen LogP contribution is -2.28.